The van der Waals surface area contributed by atoms with Crippen molar-refractivity contribution in [3.63, 3.8) is 0 Å². The number of carboxylic acids is 3. The van der Waals surface area contributed by atoms with Crippen molar-refractivity contribution < 1.29 is 57.6 Å². The van der Waals surface area contributed by atoms with E-state index in [9.17, 15) is 57.6 Å². The van der Waals surface area contributed by atoms with E-state index in [0.29, 0.717) is 30.6 Å². The Kier molecular flexibility index (Phi) is 17.2. The van der Waals surface area contributed by atoms with Gasteiger partial charge in [-0.25, -0.2) is 8.42 Å². The summed E-state index contributed by atoms with van der Waals surface area (Å²) in [6.45, 7) is 5.77. The Morgan fingerprint density at radius 2 is 1.23 bits per heavy atom. The molecule has 0 spiro atoms. The Balaban J connectivity index is 0.000000198. The van der Waals surface area contributed by atoms with Gasteiger partial charge in [-0.05, 0) is 167 Å². The van der Waals surface area contributed by atoms with Gasteiger partial charge in [-0.3, -0.25) is 28.8 Å². The first-order valence-corrected chi connectivity index (χ1v) is 28.7. The second-order valence-corrected chi connectivity index (χ2v) is 23.2. The molecule has 7 N–H and O–H groups in total. The molecule has 1 fully saturated rings. The van der Waals surface area contributed by atoms with E-state index in [1.54, 1.807) is 54.6 Å². The zero-order valence-corrected chi connectivity index (χ0v) is 46.5. The average molecular weight is 1130 g/mol. The third-order valence-electron chi connectivity index (χ3n) is 15.7. The van der Waals surface area contributed by atoms with Crippen LogP contribution in [0.4, 0.5) is 11.4 Å². The summed E-state index contributed by atoms with van der Waals surface area (Å²) in [7, 11) is -3.86. The number of carboxylic acid groups (broad SMARTS) is 3. The highest BCUT2D eigenvalue weighted by molar-refractivity contribution is 7.89. The summed E-state index contributed by atoms with van der Waals surface area (Å²) in [5, 5.41) is 46.6. The number of aryl methyl sites for hydroxylation is 2. The van der Waals surface area contributed by atoms with E-state index in [-0.39, 0.29) is 73.4 Å². The standard InChI is InChI=1S/C35H34N2O5.C30H30N2O7S/c1-20-4-11-27(21(2)16-20)24-7-12-28-29-13-8-25(19-32(29)30(31(28)18-24)14-15-34(40)41)37-35(42)33(36-22(3)38)17-23-5-9-26(39)10-6-23;33-27(34)14-16-30(17-15-28(35)36)24-10-5-4-9-22(24)23-13-12-20(19-25(23)30)31-29(37)26-11-6-18-32(26)40(38,39)21-7-2-1-3-8-21/h4-13,16,18-19,30,33,39H,14-15,17H2,1-3H3,(H,36,38)(H,37,42)(H,40,41);1-5,7-10,12-13,19,26H,6,11,14-18H2,(H,31,37)(H,33,34)(H,35,36)/t30?,33-;26-/m00/s1. The fourth-order valence-corrected chi connectivity index (χ4v) is 13.6. The maximum atomic E-state index is 13.4. The Bertz CT molecular complexity index is 3720. The van der Waals surface area contributed by atoms with Gasteiger partial charge in [0.1, 0.15) is 17.8 Å². The number of hydrogen-bond donors (Lipinski definition) is 7. The van der Waals surface area contributed by atoms with Crippen LogP contribution in [0.1, 0.15) is 103 Å². The first-order valence-electron chi connectivity index (χ1n) is 27.2. The lowest BCUT2D eigenvalue weighted by molar-refractivity contribution is -0.138. The number of sulfonamides is 1. The normalized spacial score (nSPS) is 15.8. The molecule has 3 amide bonds. The lowest BCUT2D eigenvalue weighted by Crippen LogP contribution is -2.44. The number of rotatable bonds is 19. The maximum Gasteiger partial charge on any atom is 0.303 e. The summed E-state index contributed by atoms with van der Waals surface area (Å²) in [5.74, 6) is -3.98. The number of aliphatic carboxylic acids is 3. The fourth-order valence-electron chi connectivity index (χ4n) is 12.0. The highest BCUT2D eigenvalue weighted by Gasteiger charge is 2.44. The molecule has 0 bridgehead atoms. The van der Waals surface area contributed by atoms with Crippen LogP contribution >= 0.6 is 0 Å². The molecule has 1 heterocycles. The predicted molar refractivity (Wildman–Crippen MR) is 312 cm³/mol. The molecule has 7 aromatic rings. The lowest BCUT2D eigenvalue weighted by Gasteiger charge is -2.32. The van der Waals surface area contributed by atoms with Crippen molar-refractivity contribution in [2.45, 2.75) is 107 Å². The van der Waals surface area contributed by atoms with Crippen molar-refractivity contribution in [1.29, 1.82) is 0 Å². The minimum absolute atomic E-state index is 0.0190. The Labute approximate surface area is 475 Å². The predicted octanol–water partition coefficient (Wildman–Crippen LogP) is 10.8. The van der Waals surface area contributed by atoms with Gasteiger partial charge in [0.05, 0.1) is 4.90 Å². The molecule has 422 valence electrons. The van der Waals surface area contributed by atoms with Gasteiger partial charge in [0.25, 0.3) is 0 Å². The highest BCUT2D eigenvalue weighted by Crippen LogP contribution is 2.55. The Morgan fingerprint density at radius 3 is 1.89 bits per heavy atom. The molecule has 1 aliphatic heterocycles. The highest BCUT2D eigenvalue weighted by atomic mass is 32.2. The summed E-state index contributed by atoms with van der Waals surface area (Å²) < 4.78 is 27.8. The molecule has 3 atom stereocenters. The van der Waals surface area contributed by atoms with E-state index in [1.807, 2.05) is 48.5 Å². The summed E-state index contributed by atoms with van der Waals surface area (Å²) in [5.41, 5.74) is 13.1. The molecule has 1 saturated heterocycles. The van der Waals surface area contributed by atoms with Crippen LogP contribution in [0.5, 0.6) is 5.75 Å². The van der Waals surface area contributed by atoms with Crippen molar-refractivity contribution >= 4 is 57.0 Å². The molecule has 2 aliphatic carbocycles. The van der Waals surface area contributed by atoms with Crippen molar-refractivity contribution in [3.05, 3.63) is 191 Å². The number of hydrogen-bond acceptors (Lipinski definition) is 9. The van der Waals surface area contributed by atoms with Crippen molar-refractivity contribution in [2.24, 2.45) is 0 Å². The molecular weight excluding hydrogens is 1060 g/mol. The third-order valence-corrected chi connectivity index (χ3v) is 17.7. The van der Waals surface area contributed by atoms with Gasteiger partial charge in [0.2, 0.25) is 27.7 Å². The minimum atomic E-state index is -3.86. The fraction of sp³-hybridized carbons (Fsp3) is 0.262. The summed E-state index contributed by atoms with van der Waals surface area (Å²) >= 11 is 0. The van der Waals surface area contributed by atoms with Crippen molar-refractivity contribution in [3.8, 4) is 39.1 Å². The third kappa shape index (κ3) is 12.5. The molecular formula is C65H64N4O12S. The zero-order chi connectivity index (χ0) is 58.5. The zero-order valence-electron chi connectivity index (χ0n) is 45.6. The van der Waals surface area contributed by atoms with E-state index >= 15 is 0 Å². The van der Waals surface area contributed by atoms with E-state index in [4.69, 9.17) is 0 Å². The number of amides is 3. The number of anilines is 2. The van der Waals surface area contributed by atoms with Crippen LogP contribution in [0.15, 0.2) is 157 Å². The smallest absolute Gasteiger partial charge is 0.303 e. The molecule has 17 heteroatoms. The van der Waals surface area contributed by atoms with Gasteiger partial charge in [-0.2, -0.15) is 4.31 Å². The number of nitrogens with zero attached hydrogens (tertiary/aromatic N) is 1. The van der Waals surface area contributed by atoms with Crippen LogP contribution in [0.2, 0.25) is 0 Å². The van der Waals surface area contributed by atoms with Crippen LogP contribution in [0.25, 0.3) is 33.4 Å². The average Bonchev–Trinajstić information content (AvgIpc) is 2.66. The van der Waals surface area contributed by atoms with Gasteiger partial charge >= 0.3 is 17.9 Å². The molecule has 7 aromatic carbocycles. The number of carbonyl (C=O) groups is 6. The molecule has 0 radical (unpaired) electrons. The minimum Gasteiger partial charge on any atom is -0.508 e. The van der Waals surface area contributed by atoms with Gasteiger partial charge in [-0.1, -0.05) is 103 Å². The van der Waals surface area contributed by atoms with Gasteiger partial charge in [0.15, 0.2) is 0 Å². The van der Waals surface area contributed by atoms with Crippen LogP contribution in [-0.2, 0) is 50.6 Å². The quantitative estimate of drug-likeness (QED) is 0.0399. The van der Waals surface area contributed by atoms with E-state index in [2.05, 4.69) is 66.2 Å². The second kappa shape index (κ2) is 24.4. The van der Waals surface area contributed by atoms with E-state index in [0.717, 1.165) is 61.2 Å². The van der Waals surface area contributed by atoms with Gasteiger partial charge in [0, 0.05) is 61.9 Å². The van der Waals surface area contributed by atoms with E-state index in [1.165, 1.54) is 34.5 Å². The SMILES string of the molecule is CC(=O)N[C@@H](Cc1ccc(O)cc1)C(=O)Nc1ccc2c(c1)C(CCC(=O)O)c1cc(-c3ccc(C)cc3C)ccc1-2.O=C(O)CCC1(CCC(=O)O)c2ccccc2-c2ccc(NC(=O)[C@@H]3CCCN3S(=O)(=O)c3ccccc3)cc21. The first kappa shape index (κ1) is 57.7. The van der Waals surface area contributed by atoms with Crippen LogP contribution in [0.3, 0.4) is 0 Å². The maximum absolute atomic E-state index is 13.4. The molecule has 0 saturated carbocycles. The van der Waals surface area contributed by atoms with Crippen LogP contribution in [-0.4, -0.2) is 87.4 Å². The number of aromatic hydroxyl groups is 1. The number of nitrogens with one attached hydrogen (secondary N) is 3. The summed E-state index contributed by atoms with van der Waals surface area (Å²) in [6.07, 6.45) is 1.73. The Hall–Kier alpha value is -8.93. The largest absolute Gasteiger partial charge is 0.508 e. The molecule has 3 aliphatic rings. The number of carbonyl (C=O) groups excluding carboxylic acids is 3. The molecule has 82 heavy (non-hydrogen) atoms. The number of phenolic OH excluding ortho intramolecular Hbond substituents is 1. The summed E-state index contributed by atoms with van der Waals surface area (Å²) in [4.78, 5) is 73.6. The van der Waals surface area contributed by atoms with Crippen molar-refractivity contribution in [2.75, 3.05) is 17.2 Å². The summed E-state index contributed by atoms with van der Waals surface area (Å²) in [6, 6.07) is 44.2. The van der Waals surface area contributed by atoms with Crippen LogP contribution < -0.4 is 16.0 Å². The van der Waals surface area contributed by atoms with E-state index < -0.39 is 51.3 Å². The number of phenols is 1. The topological polar surface area (TPSA) is 257 Å². The molecule has 0 aromatic heterocycles. The van der Waals surface area contributed by atoms with Gasteiger partial charge in [-0.15, -0.1) is 0 Å². The number of fused-ring (bicyclic) bond motifs is 6. The lowest BCUT2D eigenvalue weighted by atomic mass is 9.71. The van der Waals surface area contributed by atoms with Crippen molar-refractivity contribution in [1.82, 2.24) is 9.62 Å². The Morgan fingerprint density at radius 1 is 0.634 bits per heavy atom. The number of benzene rings is 7. The second-order valence-electron chi connectivity index (χ2n) is 21.3. The van der Waals surface area contributed by atoms with Gasteiger partial charge < -0.3 is 36.4 Å². The molecule has 1 unspecified atom stereocenters. The monoisotopic (exact) mass is 1120 g/mol. The molecule has 16 nitrogen and oxygen atoms in total. The first-order chi connectivity index (χ1) is 39.2. The molecule has 10 rings (SSSR count). The van der Waals surface area contributed by atoms with Crippen LogP contribution in [0, 0.1) is 13.8 Å².